The summed E-state index contributed by atoms with van der Waals surface area (Å²) in [4.78, 5) is 12.2. The summed E-state index contributed by atoms with van der Waals surface area (Å²) >= 11 is 0. The molecular weight excluding hydrogens is 343 g/mol. The van der Waals surface area contributed by atoms with Gasteiger partial charge in [0.1, 0.15) is 0 Å². The summed E-state index contributed by atoms with van der Waals surface area (Å²) in [6, 6.07) is 14.5. The predicted molar refractivity (Wildman–Crippen MR) is 90.4 cm³/mol. The van der Waals surface area contributed by atoms with E-state index in [9.17, 15) is 18.0 Å². The Bertz CT molecular complexity index is 888. The van der Waals surface area contributed by atoms with Gasteiger partial charge in [0.25, 0.3) is 5.91 Å². The number of amides is 1. The number of aromatic nitrogens is 2. The standard InChI is InChI=1S/C19H16F3N3O/c20-19(21,22)17-8-4-7-15(9-17)10-23-18(26)16-11-24-25(13-16)12-14-5-2-1-3-6-14/h1-9,11,13H,10,12H2,(H,23,26). The maximum Gasteiger partial charge on any atom is 0.416 e. The number of carbonyl (C=O) groups excluding carboxylic acids is 1. The Morgan fingerprint density at radius 1 is 1.04 bits per heavy atom. The lowest BCUT2D eigenvalue weighted by Crippen LogP contribution is -2.22. The van der Waals surface area contributed by atoms with Crippen LogP contribution in [-0.4, -0.2) is 15.7 Å². The lowest BCUT2D eigenvalue weighted by atomic mass is 10.1. The van der Waals surface area contributed by atoms with Crippen molar-refractivity contribution in [1.82, 2.24) is 15.1 Å². The van der Waals surface area contributed by atoms with Crippen molar-refractivity contribution >= 4 is 5.91 Å². The molecule has 134 valence electrons. The summed E-state index contributed by atoms with van der Waals surface area (Å²) in [6.07, 6.45) is -1.36. The minimum atomic E-state index is -4.40. The smallest absolute Gasteiger partial charge is 0.348 e. The van der Waals surface area contributed by atoms with Gasteiger partial charge in [0, 0.05) is 12.7 Å². The molecule has 2 aromatic carbocycles. The Hall–Kier alpha value is -3.09. The molecule has 3 rings (SSSR count). The van der Waals surface area contributed by atoms with Crippen molar-refractivity contribution in [3.05, 3.63) is 89.2 Å². The first kappa shape index (κ1) is 17.7. The number of hydrogen-bond donors (Lipinski definition) is 1. The first-order valence-electron chi connectivity index (χ1n) is 7.92. The number of rotatable bonds is 5. The highest BCUT2D eigenvalue weighted by atomic mass is 19.4. The molecule has 1 aromatic heterocycles. The van der Waals surface area contributed by atoms with Crippen LogP contribution >= 0.6 is 0 Å². The lowest BCUT2D eigenvalue weighted by Gasteiger charge is -2.09. The van der Waals surface area contributed by atoms with Gasteiger partial charge in [-0.15, -0.1) is 0 Å². The fourth-order valence-corrected chi connectivity index (χ4v) is 2.48. The fraction of sp³-hybridized carbons (Fsp3) is 0.158. The van der Waals surface area contributed by atoms with E-state index in [2.05, 4.69) is 10.4 Å². The second-order valence-corrected chi connectivity index (χ2v) is 5.79. The van der Waals surface area contributed by atoms with Gasteiger partial charge in [0.15, 0.2) is 0 Å². The highest BCUT2D eigenvalue weighted by molar-refractivity contribution is 5.93. The zero-order chi connectivity index (χ0) is 18.6. The Balaban J connectivity index is 1.61. The van der Waals surface area contributed by atoms with Crippen LogP contribution in [-0.2, 0) is 19.3 Å². The van der Waals surface area contributed by atoms with Crippen LogP contribution in [0.25, 0.3) is 0 Å². The normalized spacial score (nSPS) is 11.3. The zero-order valence-electron chi connectivity index (χ0n) is 13.7. The molecule has 0 saturated heterocycles. The number of alkyl halides is 3. The van der Waals surface area contributed by atoms with Crippen LogP contribution in [0.5, 0.6) is 0 Å². The maximum absolute atomic E-state index is 12.7. The third-order valence-electron chi connectivity index (χ3n) is 3.79. The van der Waals surface area contributed by atoms with Gasteiger partial charge in [-0.25, -0.2) is 0 Å². The van der Waals surface area contributed by atoms with Crippen LogP contribution in [0.4, 0.5) is 13.2 Å². The fourth-order valence-electron chi connectivity index (χ4n) is 2.48. The molecule has 0 bridgehead atoms. The van der Waals surface area contributed by atoms with Crippen LogP contribution in [0, 0.1) is 0 Å². The zero-order valence-corrected chi connectivity index (χ0v) is 13.7. The van der Waals surface area contributed by atoms with E-state index >= 15 is 0 Å². The SMILES string of the molecule is O=C(NCc1cccc(C(F)(F)F)c1)c1cnn(Cc2ccccc2)c1. The number of nitrogens with zero attached hydrogens (tertiary/aromatic N) is 2. The van der Waals surface area contributed by atoms with E-state index in [0.717, 1.165) is 17.7 Å². The van der Waals surface area contributed by atoms with Crippen molar-refractivity contribution in [2.24, 2.45) is 0 Å². The van der Waals surface area contributed by atoms with Gasteiger partial charge < -0.3 is 5.32 Å². The molecular formula is C19H16F3N3O. The molecule has 3 aromatic rings. The Labute approximate surface area is 148 Å². The van der Waals surface area contributed by atoms with E-state index in [4.69, 9.17) is 0 Å². The second kappa shape index (κ2) is 7.43. The monoisotopic (exact) mass is 359 g/mol. The molecule has 1 amide bonds. The molecule has 4 nitrogen and oxygen atoms in total. The van der Waals surface area contributed by atoms with Crippen molar-refractivity contribution in [1.29, 1.82) is 0 Å². The van der Waals surface area contributed by atoms with Crippen LogP contribution in [0.1, 0.15) is 27.0 Å². The molecule has 0 atom stereocenters. The minimum absolute atomic E-state index is 0.00657. The average molecular weight is 359 g/mol. The van der Waals surface area contributed by atoms with Crippen molar-refractivity contribution in [3.63, 3.8) is 0 Å². The lowest BCUT2D eigenvalue weighted by molar-refractivity contribution is -0.137. The highest BCUT2D eigenvalue weighted by Gasteiger charge is 2.30. The molecule has 7 heteroatoms. The van der Waals surface area contributed by atoms with Gasteiger partial charge in [-0.3, -0.25) is 9.48 Å². The maximum atomic E-state index is 12.7. The quantitative estimate of drug-likeness (QED) is 0.752. The van der Waals surface area contributed by atoms with Crippen molar-refractivity contribution in [2.75, 3.05) is 0 Å². The number of halogens is 3. The molecule has 0 saturated carbocycles. The molecule has 1 N–H and O–H groups in total. The molecule has 0 aliphatic carbocycles. The molecule has 26 heavy (non-hydrogen) atoms. The summed E-state index contributed by atoms with van der Waals surface area (Å²) in [5.41, 5.74) is 1.05. The first-order chi connectivity index (χ1) is 12.4. The number of nitrogens with one attached hydrogen (secondary N) is 1. The molecule has 0 unspecified atom stereocenters. The van der Waals surface area contributed by atoms with Gasteiger partial charge in [0.2, 0.25) is 0 Å². The Morgan fingerprint density at radius 3 is 2.50 bits per heavy atom. The van der Waals surface area contributed by atoms with Gasteiger partial charge >= 0.3 is 6.18 Å². The van der Waals surface area contributed by atoms with Crippen LogP contribution in [0.3, 0.4) is 0 Å². The molecule has 0 fully saturated rings. The van der Waals surface area contributed by atoms with Gasteiger partial charge in [-0.05, 0) is 23.3 Å². The van der Waals surface area contributed by atoms with E-state index in [1.165, 1.54) is 18.3 Å². The summed E-state index contributed by atoms with van der Waals surface area (Å²) in [7, 11) is 0. The van der Waals surface area contributed by atoms with Gasteiger partial charge in [0.05, 0.1) is 23.9 Å². The summed E-state index contributed by atoms with van der Waals surface area (Å²) in [5.74, 6) is -0.387. The second-order valence-electron chi connectivity index (χ2n) is 5.79. The summed E-state index contributed by atoms with van der Waals surface area (Å²) in [5, 5.41) is 6.75. The average Bonchev–Trinajstić information content (AvgIpc) is 3.09. The van der Waals surface area contributed by atoms with Gasteiger partial charge in [-0.1, -0.05) is 42.5 Å². The highest BCUT2D eigenvalue weighted by Crippen LogP contribution is 2.29. The third kappa shape index (κ3) is 4.50. The first-order valence-corrected chi connectivity index (χ1v) is 7.92. The van der Waals surface area contributed by atoms with Crippen LogP contribution < -0.4 is 5.32 Å². The molecule has 1 heterocycles. The van der Waals surface area contributed by atoms with E-state index in [-0.39, 0.29) is 12.5 Å². The largest absolute Gasteiger partial charge is 0.416 e. The van der Waals surface area contributed by atoms with Crippen LogP contribution in [0.2, 0.25) is 0 Å². The third-order valence-corrected chi connectivity index (χ3v) is 3.79. The van der Waals surface area contributed by atoms with Gasteiger partial charge in [-0.2, -0.15) is 18.3 Å². The minimum Gasteiger partial charge on any atom is -0.348 e. The Morgan fingerprint density at radius 2 is 1.77 bits per heavy atom. The van der Waals surface area contributed by atoms with Crippen molar-refractivity contribution < 1.29 is 18.0 Å². The van der Waals surface area contributed by atoms with E-state index in [0.29, 0.717) is 17.7 Å². The van der Waals surface area contributed by atoms with Crippen molar-refractivity contribution in [2.45, 2.75) is 19.3 Å². The topological polar surface area (TPSA) is 46.9 Å². The van der Waals surface area contributed by atoms with E-state index < -0.39 is 11.7 Å². The number of hydrogen-bond acceptors (Lipinski definition) is 2. The Kier molecular flexibility index (Phi) is 5.06. The molecule has 0 aliphatic heterocycles. The summed E-state index contributed by atoms with van der Waals surface area (Å²) in [6.45, 7) is 0.536. The molecule has 0 aliphatic rings. The number of carbonyl (C=O) groups is 1. The van der Waals surface area contributed by atoms with Crippen LogP contribution in [0.15, 0.2) is 67.0 Å². The number of benzene rings is 2. The molecule has 0 spiro atoms. The summed E-state index contributed by atoms with van der Waals surface area (Å²) < 4.78 is 39.8. The van der Waals surface area contributed by atoms with Crippen molar-refractivity contribution in [3.8, 4) is 0 Å². The predicted octanol–water partition coefficient (Wildman–Crippen LogP) is 3.88. The van der Waals surface area contributed by atoms with E-state index in [1.807, 2.05) is 30.3 Å². The van der Waals surface area contributed by atoms with E-state index in [1.54, 1.807) is 10.9 Å². The molecule has 0 radical (unpaired) electrons.